The highest BCUT2D eigenvalue weighted by atomic mass is 16.5. The lowest BCUT2D eigenvalue weighted by Gasteiger charge is -2.46. The van der Waals surface area contributed by atoms with Gasteiger partial charge in [-0.25, -0.2) is 0 Å². The quantitative estimate of drug-likeness (QED) is 0.0453. The second-order valence-corrected chi connectivity index (χ2v) is 24.0. The van der Waals surface area contributed by atoms with Crippen molar-refractivity contribution in [2.24, 2.45) is 17.6 Å². The molecular formula is C61H85N13O8. The first-order valence-corrected chi connectivity index (χ1v) is 30.0. The third-order valence-corrected chi connectivity index (χ3v) is 17.5. The number of carbonyl (C=O) groups excluding carboxylic acids is 4. The summed E-state index contributed by atoms with van der Waals surface area (Å²) in [7, 11) is 0. The van der Waals surface area contributed by atoms with Crippen molar-refractivity contribution in [3.63, 3.8) is 0 Å². The van der Waals surface area contributed by atoms with Crippen molar-refractivity contribution in [3.05, 3.63) is 71.3 Å². The lowest BCUT2D eigenvalue weighted by molar-refractivity contribution is -0.149. The second-order valence-electron chi connectivity index (χ2n) is 24.0. The maximum absolute atomic E-state index is 12.3. The van der Waals surface area contributed by atoms with Gasteiger partial charge < -0.3 is 55.9 Å². The molecule has 0 spiro atoms. The summed E-state index contributed by atoms with van der Waals surface area (Å²) < 4.78 is 21.0. The van der Waals surface area contributed by atoms with E-state index in [1.165, 1.54) is 38.5 Å². The maximum atomic E-state index is 12.3. The molecule has 12 rings (SSSR count). The molecule has 3 aromatic carbocycles. The van der Waals surface area contributed by atoms with Crippen LogP contribution < -0.4 is 37.6 Å². The summed E-state index contributed by atoms with van der Waals surface area (Å²) >= 11 is 0. The minimum absolute atomic E-state index is 0.00993. The van der Waals surface area contributed by atoms with Gasteiger partial charge in [-0.15, -0.1) is 0 Å². The Morgan fingerprint density at radius 2 is 0.841 bits per heavy atom. The zero-order valence-corrected chi connectivity index (χ0v) is 48.5. The van der Waals surface area contributed by atoms with Crippen LogP contribution in [0.4, 0.5) is 17.5 Å². The minimum atomic E-state index is -0.0488. The van der Waals surface area contributed by atoms with Crippen molar-refractivity contribution in [2.45, 2.75) is 154 Å². The number of esters is 1. The van der Waals surface area contributed by atoms with Crippen molar-refractivity contribution in [3.8, 4) is 0 Å². The minimum Gasteiger partial charge on any atom is -0.466 e. The van der Waals surface area contributed by atoms with Crippen molar-refractivity contribution < 1.29 is 37.5 Å². The number of nitrogens with zero attached hydrogens (tertiary/aromatic N) is 6. The van der Waals surface area contributed by atoms with E-state index in [4.69, 9.17) is 24.0 Å². The number of ether oxygens (including phenoxy) is 1. The summed E-state index contributed by atoms with van der Waals surface area (Å²) in [6.45, 7) is 16.9. The topological polar surface area (TPSA) is 264 Å². The fourth-order valence-corrected chi connectivity index (χ4v) is 12.6. The molecule has 6 aliphatic rings. The van der Waals surface area contributed by atoms with E-state index in [9.17, 15) is 19.2 Å². The van der Waals surface area contributed by atoms with Crippen LogP contribution in [0.2, 0.25) is 0 Å². The van der Waals surface area contributed by atoms with Gasteiger partial charge in [-0.05, 0) is 147 Å². The number of carbonyl (C=O) groups is 4. The van der Waals surface area contributed by atoms with Gasteiger partial charge in [0.05, 0.1) is 66.4 Å². The summed E-state index contributed by atoms with van der Waals surface area (Å²) in [5.74, 6) is 2.68. The molecule has 8 N–H and O–H groups in total. The van der Waals surface area contributed by atoms with Crippen molar-refractivity contribution in [1.82, 2.24) is 46.1 Å². The van der Waals surface area contributed by atoms with Gasteiger partial charge >= 0.3 is 5.97 Å². The molecule has 21 nitrogen and oxygen atoms in total. The van der Waals surface area contributed by atoms with Gasteiger partial charge in [0.15, 0.2) is 34.2 Å². The molecule has 6 fully saturated rings. The standard InChI is InChI=1S/C22H30N4O4.C20H28N4O2.C19H27N5O2/c1-3-29-22(28)15-5-7-17(8-6-15)26-12-16(13-26)24-20(27)11-23-21-18-10-14(2)4-9-19(18)30-25-21;1-13-3-6-16(7-4-13)24-11-15(12-24)22-19(25)10-21-20-17-9-14(2)5-8-18(17)26-23-20;1-12-2-7-17-16(8-12)19(23-26-17)21-9-18(25)22-14-10-24(11-14)15-5-3-13(20)4-6-15/h4,9-10,15-17H,3,5-8,11-13H2,1-2H3,(H,23,25)(H,24,27);5,8-9,13,15-16H,3-4,6-7,10-12H2,1-2H3,(H,21,23)(H,22,25);2,7-8,13-15H,3-6,9-11,20H2,1H3,(H,21,23)(H,22,25). The molecule has 0 radical (unpaired) electrons. The molecule has 3 saturated heterocycles. The van der Waals surface area contributed by atoms with Crippen molar-refractivity contribution in [2.75, 3.05) is 81.5 Å². The number of aryl methyl sites for hydroxylation is 3. The first-order chi connectivity index (χ1) is 39.7. The van der Waals surface area contributed by atoms with Gasteiger partial charge in [-0.1, -0.05) is 57.3 Å². The second kappa shape index (κ2) is 27.1. The molecule has 0 bridgehead atoms. The van der Waals surface area contributed by atoms with E-state index >= 15 is 0 Å². The lowest BCUT2D eigenvalue weighted by Crippen LogP contribution is -2.63. The number of amides is 3. The Labute approximate surface area is 480 Å². The predicted molar refractivity (Wildman–Crippen MR) is 316 cm³/mol. The molecular weight excluding hydrogens is 1040 g/mol. The van der Waals surface area contributed by atoms with E-state index in [2.05, 4.69) is 69.0 Å². The number of hydrogen-bond donors (Lipinski definition) is 7. The van der Waals surface area contributed by atoms with Crippen molar-refractivity contribution in [1.29, 1.82) is 0 Å². The number of fused-ring (bicyclic) bond motifs is 3. The van der Waals surface area contributed by atoms with Crippen LogP contribution in [0.1, 0.15) is 108 Å². The third kappa shape index (κ3) is 15.1. The number of benzene rings is 3. The Morgan fingerprint density at radius 1 is 0.512 bits per heavy atom. The highest BCUT2D eigenvalue weighted by molar-refractivity contribution is 5.93. The number of hydrogen-bond acceptors (Lipinski definition) is 18. The molecule has 3 aliphatic heterocycles. The number of anilines is 3. The van der Waals surface area contributed by atoms with E-state index < -0.39 is 0 Å². The Morgan fingerprint density at radius 3 is 1.18 bits per heavy atom. The molecule has 0 unspecified atom stereocenters. The van der Waals surface area contributed by atoms with E-state index in [1.54, 1.807) is 0 Å². The van der Waals surface area contributed by atoms with Gasteiger partial charge in [0.1, 0.15) is 0 Å². The molecule has 442 valence electrons. The third-order valence-electron chi connectivity index (χ3n) is 17.5. The largest absolute Gasteiger partial charge is 0.466 e. The molecule has 3 saturated carbocycles. The fraction of sp³-hybridized carbons (Fsp3) is 0.590. The first-order valence-electron chi connectivity index (χ1n) is 30.0. The van der Waals surface area contributed by atoms with Gasteiger partial charge in [-0.2, -0.15) is 0 Å². The molecule has 0 atom stereocenters. The zero-order chi connectivity index (χ0) is 57.3. The van der Waals surface area contributed by atoms with Gasteiger partial charge in [0.25, 0.3) is 0 Å². The van der Waals surface area contributed by atoms with Crippen molar-refractivity contribution >= 4 is 74.1 Å². The Balaban J connectivity index is 0.000000138. The van der Waals surface area contributed by atoms with E-state index in [0.717, 1.165) is 134 Å². The monoisotopic (exact) mass is 1130 g/mol. The van der Waals surface area contributed by atoms with E-state index in [0.29, 0.717) is 47.8 Å². The van der Waals surface area contributed by atoms with E-state index in [1.807, 2.05) is 82.3 Å². The normalized spacial score (nSPS) is 23.7. The Kier molecular flexibility index (Phi) is 19.3. The van der Waals surface area contributed by atoms with Crippen LogP contribution in [-0.2, 0) is 23.9 Å². The number of nitrogens with two attached hydrogens (primary N) is 1. The van der Waals surface area contributed by atoms with E-state index in [-0.39, 0.29) is 67.4 Å². The Hall–Kier alpha value is -6.81. The SMILES string of the molecule is CCOC(=O)C1CCC(N2CC(NC(=O)CNc3noc4ccc(C)cc34)C2)CC1.Cc1ccc2onc(NCC(=O)NC3CN(C4CCC(C)CC4)C3)c2c1.Cc1ccc2onc(NCC(=O)NC3CN(C4CCC(N)CC4)C3)c2c1. The number of aromatic nitrogens is 3. The van der Waals surface area contributed by atoms with Crippen LogP contribution in [0.3, 0.4) is 0 Å². The van der Waals surface area contributed by atoms with Crippen LogP contribution in [-0.4, -0.2) is 162 Å². The molecule has 3 aliphatic carbocycles. The smallest absolute Gasteiger partial charge is 0.308 e. The van der Waals surface area contributed by atoms with Gasteiger partial charge in [0.2, 0.25) is 17.7 Å². The van der Waals surface area contributed by atoms with Crippen LogP contribution >= 0.6 is 0 Å². The summed E-state index contributed by atoms with van der Waals surface area (Å²) in [5.41, 5.74) is 11.5. The first kappa shape index (κ1) is 58.4. The number of rotatable bonds is 17. The number of nitrogens with one attached hydrogen (secondary N) is 6. The number of likely N-dealkylation sites (tertiary alicyclic amines) is 3. The lowest BCUT2D eigenvalue weighted by atomic mass is 9.84. The summed E-state index contributed by atoms with van der Waals surface area (Å²) in [5, 5.41) is 33.3. The molecule has 82 heavy (non-hydrogen) atoms. The maximum Gasteiger partial charge on any atom is 0.308 e. The fourth-order valence-electron chi connectivity index (χ4n) is 12.6. The van der Waals surface area contributed by atoms with Crippen LogP contribution in [0, 0.1) is 32.6 Å². The van der Waals surface area contributed by atoms with Gasteiger partial charge in [-0.3, -0.25) is 33.9 Å². The summed E-state index contributed by atoms with van der Waals surface area (Å²) in [6, 6.07) is 20.6. The molecule has 21 heteroatoms. The molecule has 6 heterocycles. The highest BCUT2D eigenvalue weighted by Gasteiger charge is 2.38. The summed E-state index contributed by atoms with van der Waals surface area (Å²) in [6.07, 6.45) is 13.7. The zero-order valence-electron chi connectivity index (χ0n) is 48.5. The highest BCUT2D eigenvalue weighted by Crippen LogP contribution is 2.33. The molecule has 6 aromatic rings. The Bertz CT molecular complexity index is 2970. The van der Waals surface area contributed by atoms with Gasteiger partial charge in [0, 0.05) is 63.4 Å². The average Bonchev–Trinajstić information content (AvgIpc) is 4.21. The molecule has 3 aromatic heterocycles. The average molecular weight is 1130 g/mol. The summed E-state index contributed by atoms with van der Waals surface area (Å²) in [4.78, 5) is 56.0. The van der Waals surface area contributed by atoms with Crippen LogP contribution in [0.15, 0.2) is 68.2 Å². The van der Waals surface area contributed by atoms with Crippen LogP contribution in [0.25, 0.3) is 32.9 Å². The van der Waals surface area contributed by atoms with Crippen LogP contribution in [0.5, 0.6) is 0 Å². The molecule has 3 amide bonds. The predicted octanol–water partition coefficient (Wildman–Crippen LogP) is 7.02.